The number of ketones is 1. The Labute approximate surface area is 68.5 Å². The van der Waals surface area contributed by atoms with Crippen molar-refractivity contribution in [3.8, 4) is 0 Å². The van der Waals surface area contributed by atoms with Crippen molar-refractivity contribution in [1.82, 2.24) is 0 Å². The van der Waals surface area contributed by atoms with Crippen LogP contribution in [0.1, 0.15) is 20.3 Å². The van der Waals surface area contributed by atoms with Gasteiger partial charge >= 0.3 is 0 Å². The molecule has 0 heterocycles. The van der Waals surface area contributed by atoms with Crippen molar-refractivity contribution in [2.24, 2.45) is 0 Å². The molecule has 0 saturated heterocycles. The predicted octanol–water partition coefficient (Wildman–Crippen LogP) is 2.25. The van der Waals surface area contributed by atoms with Gasteiger partial charge in [0.2, 0.25) is 0 Å². The zero-order chi connectivity index (χ0) is 4.28. The molecule has 0 amide bonds. The molecule has 0 saturated carbocycles. The Kier molecular flexibility index (Phi) is 46.1. The van der Waals surface area contributed by atoms with Gasteiger partial charge in [-0.2, -0.15) is 0 Å². The van der Waals surface area contributed by atoms with Crippen molar-refractivity contribution >= 4 is 43.0 Å². The highest BCUT2D eigenvalue weighted by Crippen LogP contribution is 1.71. The third-order valence-electron chi connectivity index (χ3n) is 0.498. The number of hydrogen-bond acceptors (Lipinski definition) is 1. The van der Waals surface area contributed by atoms with Crippen LogP contribution in [0, 0.1) is 0 Å². The topological polar surface area (TPSA) is 17.1 Å². The quantitative estimate of drug-likeness (QED) is 0.606. The van der Waals surface area contributed by atoms with Gasteiger partial charge in [0, 0.05) is 6.42 Å². The lowest BCUT2D eigenvalue weighted by Crippen LogP contribution is -1.80. The summed E-state index contributed by atoms with van der Waals surface area (Å²) in [6, 6.07) is 0. The smallest absolute Gasteiger partial charge is 0.129 e. The van der Waals surface area contributed by atoms with Gasteiger partial charge in [-0.1, -0.05) is 6.92 Å². The number of carbonyl (C=O) groups excluding carboxylic acids is 1. The van der Waals surface area contributed by atoms with E-state index in [1.807, 2.05) is 6.92 Å². The zero-order valence-corrected chi connectivity index (χ0v) is 7.29. The molecule has 54 valence electrons. The van der Waals surface area contributed by atoms with Crippen LogP contribution in [-0.2, 0) is 4.79 Å². The first kappa shape index (κ1) is 23.6. The standard InChI is InChI=1S/C4H8O.3ClH/c1-3-4(2)5;;;/h3H2,1-2H3;3*1H. The predicted molar refractivity (Wildman–Crippen MR) is 42.7 cm³/mol. The number of carbonyl (C=O) groups is 1. The number of halogens is 3. The summed E-state index contributed by atoms with van der Waals surface area (Å²) in [5, 5.41) is 0. The van der Waals surface area contributed by atoms with E-state index >= 15 is 0 Å². The number of rotatable bonds is 1. The van der Waals surface area contributed by atoms with E-state index in [0.717, 1.165) is 0 Å². The Balaban J connectivity index is -0.0000000267. The lowest BCUT2D eigenvalue weighted by atomic mass is 10.4. The summed E-state index contributed by atoms with van der Waals surface area (Å²) in [4.78, 5) is 9.81. The average Bonchev–Trinajstić information content (AvgIpc) is 1.38. The molecule has 0 fully saturated rings. The van der Waals surface area contributed by atoms with Gasteiger partial charge in [-0.25, -0.2) is 0 Å². The van der Waals surface area contributed by atoms with Crippen LogP contribution in [0.15, 0.2) is 0 Å². The van der Waals surface area contributed by atoms with Gasteiger partial charge in [-0.15, -0.1) is 37.2 Å². The number of Topliss-reactive ketones (excluding diaryl/α,β-unsaturated/α-hetero) is 1. The van der Waals surface area contributed by atoms with Crippen molar-refractivity contribution in [2.45, 2.75) is 20.3 Å². The third-order valence-corrected chi connectivity index (χ3v) is 0.498. The van der Waals surface area contributed by atoms with Gasteiger partial charge in [-0.3, -0.25) is 0 Å². The molecule has 0 aromatic carbocycles. The minimum Gasteiger partial charge on any atom is -0.300 e. The van der Waals surface area contributed by atoms with E-state index in [9.17, 15) is 4.79 Å². The largest absolute Gasteiger partial charge is 0.300 e. The molecule has 8 heavy (non-hydrogen) atoms. The first-order valence-corrected chi connectivity index (χ1v) is 1.76. The highest BCUT2D eigenvalue weighted by Gasteiger charge is 1.76. The molecule has 0 rings (SSSR count). The third kappa shape index (κ3) is 31.1. The van der Waals surface area contributed by atoms with Crippen LogP contribution >= 0.6 is 37.2 Å². The van der Waals surface area contributed by atoms with E-state index in [1.54, 1.807) is 6.92 Å². The molecular weight excluding hydrogens is 170 g/mol. The summed E-state index contributed by atoms with van der Waals surface area (Å²) >= 11 is 0. The Morgan fingerprint density at radius 2 is 1.38 bits per heavy atom. The average molecular weight is 181 g/mol. The second kappa shape index (κ2) is 15.6. The Bertz CT molecular complexity index is 46.5. The summed E-state index contributed by atoms with van der Waals surface area (Å²) in [6.07, 6.45) is 0.667. The molecule has 0 aliphatic heterocycles. The van der Waals surface area contributed by atoms with Gasteiger partial charge in [0.1, 0.15) is 5.78 Å². The summed E-state index contributed by atoms with van der Waals surface area (Å²) in [5.74, 6) is 0.255. The minimum atomic E-state index is 0. The molecule has 0 spiro atoms. The SMILES string of the molecule is CCC(C)=O.Cl.Cl.Cl. The van der Waals surface area contributed by atoms with Gasteiger partial charge in [-0.05, 0) is 6.92 Å². The summed E-state index contributed by atoms with van der Waals surface area (Å²) in [6.45, 7) is 3.43. The molecule has 0 aromatic rings. The normalized spacial score (nSPS) is 4.75. The lowest BCUT2D eigenvalue weighted by molar-refractivity contribution is -0.116. The van der Waals surface area contributed by atoms with Crippen LogP contribution in [0.3, 0.4) is 0 Å². The molecule has 0 aliphatic carbocycles. The van der Waals surface area contributed by atoms with Crippen molar-refractivity contribution in [3.05, 3.63) is 0 Å². The first-order chi connectivity index (χ1) is 2.27. The van der Waals surface area contributed by atoms with Crippen molar-refractivity contribution in [2.75, 3.05) is 0 Å². The highest BCUT2D eigenvalue weighted by atomic mass is 35.5. The highest BCUT2D eigenvalue weighted by molar-refractivity contribution is 5.86. The molecule has 4 heteroatoms. The van der Waals surface area contributed by atoms with Gasteiger partial charge in [0.05, 0.1) is 0 Å². The molecule has 0 aliphatic rings. The molecular formula is C4H11Cl3O. The Morgan fingerprint density at radius 1 is 1.25 bits per heavy atom. The van der Waals surface area contributed by atoms with Crippen molar-refractivity contribution in [1.29, 1.82) is 0 Å². The monoisotopic (exact) mass is 180 g/mol. The fraction of sp³-hybridized carbons (Fsp3) is 0.750. The minimum absolute atomic E-state index is 0. The Hall–Kier alpha value is 0.540. The molecule has 0 N–H and O–H groups in total. The van der Waals surface area contributed by atoms with Crippen molar-refractivity contribution in [3.63, 3.8) is 0 Å². The van der Waals surface area contributed by atoms with E-state index in [2.05, 4.69) is 0 Å². The van der Waals surface area contributed by atoms with Crippen LogP contribution in [0.25, 0.3) is 0 Å². The van der Waals surface area contributed by atoms with Gasteiger partial charge < -0.3 is 4.79 Å². The molecule has 0 unspecified atom stereocenters. The second-order valence-corrected chi connectivity index (χ2v) is 1.06. The van der Waals surface area contributed by atoms with Gasteiger partial charge in [0.25, 0.3) is 0 Å². The maximum atomic E-state index is 9.81. The maximum absolute atomic E-state index is 9.81. The molecule has 0 bridgehead atoms. The summed E-state index contributed by atoms with van der Waals surface area (Å²) in [7, 11) is 0. The van der Waals surface area contributed by atoms with E-state index in [0.29, 0.717) is 6.42 Å². The molecule has 0 atom stereocenters. The van der Waals surface area contributed by atoms with E-state index in [-0.39, 0.29) is 43.0 Å². The Morgan fingerprint density at radius 3 is 1.38 bits per heavy atom. The van der Waals surface area contributed by atoms with Crippen LogP contribution in [0.4, 0.5) is 0 Å². The second-order valence-electron chi connectivity index (χ2n) is 1.06. The number of hydrogen-bond donors (Lipinski definition) is 0. The van der Waals surface area contributed by atoms with E-state index < -0.39 is 0 Å². The molecule has 0 aromatic heterocycles. The van der Waals surface area contributed by atoms with Crippen LogP contribution < -0.4 is 0 Å². The van der Waals surface area contributed by atoms with Crippen LogP contribution in [0.5, 0.6) is 0 Å². The fourth-order valence-electron chi connectivity index (χ4n) is 0. The van der Waals surface area contributed by atoms with Crippen LogP contribution in [0.2, 0.25) is 0 Å². The fourth-order valence-corrected chi connectivity index (χ4v) is 0. The first-order valence-electron chi connectivity index (χ1n) is 1.76. The summed E-state index contributed by atoms with van der Waals surface area (Å²) in [5.41, 5.74) is 0. The van der Waals surface area contributed by atoms with E-state index in [1.165, 1.54) is 0 Å². The van der Waals surface area contributed by atoms with Crippen molar-refractivity contribution < 1.29 is 4.79 Å². The molecule has 1 nitrogen and oxygen atoms in total. The van der Waals surface area contributed by atoms with Gasteiger partial charge in [0.15, 0.2) is 0 Å². The summed E-state index contributed by atoms with van der Waals surface area (Å²) < 4.78 is 0. The maximum Gasteiger partial charge on any atom is 0.129 e. The molecule has 0 radical (unpaired) electrons. The van der Waals surface area contributed by atoms with Crippen LogP contribution in [-0.4, -0.2) is 5.78 Å². The zero-order valence-electron chi connectivity index (χ0n) is 4.84. The van der Waals surface area contributed by atoms with E-state index in [4.69, 9.17) is 0 Å². The lowest BCUT2D eigenvalue weighted by Gasteiger charge is -1.71.